The minimum Gasteiger partial charge on any atom is -0.317 e. The third kappa shape index (κ3) is 10.2. The number of hydrogen-bond donors (Lipinski definition) is 3. The normalized spacial score (nSPS) is 10.1. The van der Waals surface area contributed by atoms with Crippen molar-refractivity contribution < 1.29 is 5.21 Å². The van der Waals surface area contributed by atoms with Gasteiger partial charge in [0.15, 0.2) is 0 Å². The van der Waals surface area contributed by atoms with Gasteiger partial charge in [-0.15, -0.1) is 0 Å². The molecule has 0 heterocycles. The van der Waals surface area contributed by atoms with Crippen LogP contribution >= 0.6 is 0 Å². The number of unbranched alkanes of at least 4 members (excludes halogenated alkanes) is 1. The van der Waals surface area contributed by atoms with E-state index in [9.17, 15) is 0 Å². The molecule has 0 bridgehead atoms. The number of nitrogens with one attached hydrogen (secondary N) is 2. The molecule has 1 rings (SSSR count). The minimum atomic E-state index is 0.840. The lowest BCUT2D eigenvalue weighted by atomic mass is 10.1. The monoisotopic (exact) mass is 265 g/mol. The molecule has 0 unspecified atom stereocenters. The Morgan fingerprint density at radius 3 is 2.16 bits per heavy atom. The molecule has 108 valence electrons. The zero-order valence-corrected chi connectivity index (χ0v) is 12.3. The molecule has 4 heteroatoms. The van der Waals surface area contributed by atoms with Crippen LogP contribution in [0.3, 0.4) is 0 Å². The van der Waals surface area contributed by atoms with Gasteiger partial charge in [0, 0.05) is 0 Å². The van der Waals surface area contributed by atoms with Crippen molar-refractivity contribution in [1.82, 2.24) is 10.8 Å². The largest absolute Gasteiger partial charge is 0.317 e. The summed E-state index contributed by atoms with van der Waals surface area (Å²) in [7, 11) is 0. The number of aliphatic imine (C=N–C) groups is 1. The fourth-order valence-corrected chi connectivity index (χ4v) is 1.48. The molecule has 0 aromatic heterocycles. The van der Waals surface area contributed by atoms with Crippen LogP contribution in [0.15, 0.2) is 29.3 Å². The lowest BCUT2D eigenvalue weighted by molar-refractivity contribution is 0.240. The predicted molar refractivity (Wildman–Crippen MR) is 82.3 cm³/mol. The molecule has 0 radical (unpaired) electrons. The second-order valence-electron chi connectivity index (χ2n) is 4.11. The van der Waals surface area contributed by atoms with Gasteiger partial charge < -0.3 is 5.32 Å². The molecular formula is C15H27N3O. The first-order valence-electron chi connectivity index (χ1n) is 7.00. The van der Waals surface area contributed by atoms with Crippen LogP contribution in [0, 0.1) is 0 Å². The van der Waals surface area contributed by atoms with E-state index in [1.165, 1.54) is 24.7 Å². The molecule has 0 saturated heterocycles. The minimum absolute atomic E-state index is 0.840. The van der Waals surface area contributed by atoms with Gasteiger partial charge in [0.2, 0.25) is 0 Å². The summed E-state index contributed by atoms with van der Waals surface area (Å²) in [5.41, 5.74) is 4.05. The van der Waals surface area contributed by atoms with E-state index in [1.54, 1.807) is 0 Å². The van der Waals surface area contributed by atoms with E-state index in [0.717, 1.165) is 25.2 Å². The van der Waals surface area contributed by atoms with Crippen molar-refractivity contribution in [1.29, 1.82) is 0 Å². The number of aryl methyl sites for hydroxylation is 1. The first-order valence-corrected chi connectivity index (χ1v) is 7.00. The topological polar surface area (TPSA) is 56.7 Å². The molecule has 3 N–H and O–H groups in total. The van der Waals surface area contributed by atoms with E-state index >= 15 is 0 Å². The molecule has 0 spiro atoms. The van der Waals surface area contributed by atoms with Crippen molar-refractivity contribution in [2.75, 3.05) is 13.1 Å². The Hall–Kier alpha value is -1.39. The fourth-order valence-electron chi connectivity index (χ4n) is 1.48. The summed E-state index contributed by atoms with van der Waals surface area (Å²) in [6.07, 6.45) is 4.81. The summed E-state index contributed by atoms with van der Waals surface area (Å²) < 4.78 is 0. The molecule has 0 atom stereocenters. The van der Waals surface area contributed by atoms with Gasteiger partial charge in [-0.1, -0.05) is 39.3 Å². The van der Waals surface area contributed by atoms with E-state index < -0.39 is 0 Å². The number of hydroxylamine groups is 1. The van der Waals surface area contributed by atoms with Gasteiger partial charge in [0.25, 0.3) is 0 Å². The maximum atomic E-state index is 8.30. The van der Waals surface area contributed by atoms with Crippen LogP contribution in [0.2, 0.25) is 0 Å². The van der Waals surface area contributed by atoms with Crippen molar-refractivity contribution >= 4 is 12.0 Å². The molecule has 0 aliphatic heterocycles. The average Bonchev–Trinajstić information content (AvgIpc) is 2.45. The number of rotatable bonds is 7. The third-order valence-corrected chi connectivity index (χ3v) is 2.53. The molecule has 0 aliphatic rings. The summed E-state index contributed by atoms with van der Waals surface area (Å²) in [6, 6.07) is 8.02. The molecule has 1 aromatic rings. The Labute approximate surface area is 116 Å². The number of nitrogens with zero attached hydrogens (tertiary/aromatic N) is 1. The lowest BCUT2D eigenvalue weighted by Crippen LogP contribution is -2.09. The van der Waals surface area contributed by atoms with Crippen LogP contribution in [0.25, 0.3) is 0 Å². The third-order valence-electron chi connectivity index (χ3n) is 2.53. The van der Waals surface area contributed by atoms with Gasteiger partial charge in [-0.05, 0) is 43.6 Å². The van der Waals surface area contributed by atoms with Crippen LogP contribution in [0.5, 0.6) is 0 Å². The number of benzene rings is 1. The smallest absolute Gasteiger partial charge is 0.113 e. The van der Waals surface area contributed by atoms with Crippen LogP contribution in [-0.2, 0) is 6.42 Å². The summed E-state index contributed by atoms with van der Waals surface area (Å²) in [5, 5.41) is 11.4. The van der Waals surface area contributed by atoms with Crippen molar-refractivity contribution in [3.63, 3.8) is 0 Å². The second-order valence-corrected chi connectivity index (χ2v) is 4.11. The highest BCUT2D eigenvalue weighted by molar-refractivity contribution is 5.59. The quantitative estimate of drug-likeness (QED) is 0.403. The van der Waals surface area contributed by atoms with Crippen LogP contribution < -0.4 is 10.8 Å². The molecule has 0 aliphatic carbocycles. The van der Waals surface area contributed by atoms with Gasteiger partial charge in [-0.3, -0.25) is 10.7 Å². The van der Waals surface area contributed by atoms with E-state index in [2.05, 4.69) is 43.2 Å². The van der Waals surface area contributed by atoms with Crippen LogP contribution in [0.1, 0.15) is 39.2 Å². The second kappa shape index (κ2) is 13.1. The molecule has 19 heavy (non-hydrogen) atoms. The average molecular weight is 265 g/mol. The van der Waals surface area contributed by atoms with Gasteiger partial charge in [-0.2, -0.15) is 0 Å². The van der Waals surface area contributed by atoms with Gasteiger partial charge >= 0.3 is 0 Å². The molecular weight excluding hydrogens is 238 g/mol. The molecule has 4 nitrogen and oxygen atoms in total. The van der Waals surface area contributed by atoms with Crippen molar-refractivity contribution in [2.24, 2.45) is 4.99 Å². The molecule has 0 saturated carbocycles. The summed E-state index contributed by atoms with van der Waals surface area (Å²) >= 11 is 0. The Bertz CT molecular complexity index is 321. The van der Waals surface area contributed by atoms with Gasteiger partial charge in [0.1, 0.15) is 6.34 Å². The Kier molecular flexibility index (Phi) is 12.1. The lowest BCUT2D eigenvalue weighted by Gasteiger charge is -1.99. The number of hydrogen-bond acceptors (Lipinski definition) is 3. The Morgan fingerprint density at radius 1 is 1.11 bits per heavy atom. The van der Waals surface area contributed by atoms with Crippen molar-refractivity contribution in [2.45, 2.75) is 40.0 Å². The summed E-state index contributed by atoms with van der Waals surface area (Å²) in [6.45, 7) is 8.57. The van der Waals surface area contributed by atoms with E-state index in [1.807, 2.05) is 17.6 Å². The van der Waals surface area contributed by atoms with Crippen molar-refractivity contribution in [3.05, 3.63) is 29.8 Å². The van der Waals surface area contributed by atoms with E-state index in [0.29, 0.717) is 0 Å². The maximum Gasteiger partial charge on any atom is 0.113 e. The summed E-state index contributed by atoms with van der Waals surface area (Å²) in [4.78, 5) is 3.96. The fraction of sp³-hybridized carbons (Fsp3) is 0.533. The van der Waals surface area contributed by atoms with Gasteiger partial charge in [0.05, 0.1) is 5.69 Å². The van der Waals surface area contributed by atoms with Crippen LogP contribution in [0.4, 0.5) is 5.69 Å². The van der Waals surface area contributed by atoms with Crippen molar-refractivity contribution in [3.8, 4) is 0 Å². The molecule has 0 amide bonds. The summed E-state index contributed by atoms with van der Waals surface area (Å²) in [5.74, 6) is 0. The molecule has 0 fully saturated rings. The standard InChI is InChI=1S/C11H16N2O.C4H11N/c1-2-3-4-10-5-7-11(8-6-10)12-9-13-14;1-3-5-4-2/h5-9,14H,2-4H2,1H3,(H,12,13);5H,3-4H2,1-2H3. The van der Waals surface area contributed by atoms with Gasteiger partial charge in [-0.25, -0.2) is 4.99 Å². The Balaban J connectivity index is 0.000000555. The Morgan fingerprint density at radius 2 is 1.74 bits per heavy atom. The molecule has 1 aromatic carbocycles. The highest BCUT2D eigenvalue weighted by Gasteiger charge is 1.92. The predicted octanol–water partition coefficient (Wildman–Crippen LogP) is 3.28. The first-order chi connectivity index (χ1) is 9.28. The zero-order valence-electron chi connectivity index (χ0n) is 12.3. The van der Waals surface area contributed by atoms with E-state index in [4.69, 9.17) is 5.21 Å². The SMILES string of the molecule is CCCCc1ccc(N=CNO)cc1.CCNCC. The highest BCUT2D eigenvalue weighted by Crippen LogP contribution is 2.13. The zero-order chi connectivity index (χ0) is 14.3. The van der Waals surface area contributed by atoms with E-state index in [-0.39, 0.29) is 0 Å². The maximum absolute atomic E-state index is 8.30. The first kappa shape index (κ1) is 17.6. The highest BCUT2D eigenvalue weighted by atomic mass is 16.5. The van der Waals surface area contributed by atoms with Crippen LogP contribution in [-0.4, -0.2) is 24.6 Å².